The molecule has 4 heteroatoms. The second kappa shape index (κ2) is 4.56. The smallest absolute Gasteiger partial charge is 0.162 e. The molecular formula is C11H11ClO2S. The Balaban J connectivity index is 2.27. The summed E-state index contributed by atoms with van der Waals surface area (Å²) in [5, 5.41) is 0.995. The number of hydrogen-bond donors (Lipinski definition) is 0. The molecule has 15 heavy (non-hydrogen) atoms. The van der Waals surface area contributed by atoms with Crippen molar-refractivity contribution in [3.8, 4) is 0 Å². The predicted molar refractivity (Wildman–Crippen MR) is 61.9 cm³/mol. The molecule has 1 aliphatic heterocycles. The summed E-state index contributed by atoms with van der Waals surface area (Å²) in [5.74, 6) is 0.0170. The van der Waals surface area contributed by atoms with E-state index in [2.05, 4.69) is 0 Å². The molecule has 0 saturated carbocycles. The highest BCUT2D eigenvalue weighted by atomic mass is 35.5. The molecule has 0 N–H and O–H groups in total. The normalized spacial score (nSPS) is 16.1. The maximum Gasteiger partial charge on any atom is 0.162 e. The number of carbonyl (C=O) groups is 1. The van der Waals surface area contributed by atoms with Crippen LogP contribution in [0.5, 0.6) is 0 Å². The molecule has 2 rings (SSSR count). The van der Waals surface area contributed by atoms with E-state index < -0.39 is 0 Å². The molecule has 0 bridgehead atoms. The van der Waals surface area contributed by atoms with E-state index in [0.717, 1.165) is 18.1 Å². The average Bonchev–Trinajstić information content (AvgIpc) is 2.10. The largest absolute Gasteiger partial charge is 0.379 e. The molecular weight excluding hydrogens is 232 g/mol. The second-order valence-electron chi connectivity index (χ2n) is 3.45. The van der Waals surface area contributed by atoms with Crippen molar-refractivity contribution >= 4 is 29.1 Å². The van der Waals surface area contributed by atoms with Gasteiger partial charge in [-0.1, -0.05) is 17.7 Å². The van der Waals surface area contributed by atoms with Gasteiger partial charge in [0, 0.05) is 10.5 Å². The number of halogens is 1. The Hall–Kier alpha value is -0.510. The minimum absolute atomic E-state index is 0.0170. The van der Waals surface area contributed by atoms with Crippen LogP contribution in [0, 0.1) is 0 Å². The van der Waals surface area contributed by atoms with Gasteiger partial charge in [-0.3, -0.25) is 4.79 Å². The predicted octanol–water partition coefficient (Wildman–Crippen LogP) is 3.03. The van der Waals surface area contributed by atoms with Crippen LogP contribution in [0.25, 0.3) is 0 Å². The third-order valence-electron chi connectivity index (χ3n) is 2.23. The molecule has 1 heterocycles. The Morgan fingerprint density at radius 2 is 2.27 bits per heavy atom. The number of rotatable bonds is 3. The molecule has 1 aromatic carbocycles. The van der Waals surface area contributed by atoms with Crippen LogP contribution in [0.3, 0.4) is 0 Å². The first-order valence-electron chi connectivity index (χ1n) is 4.72. The minimum Gasteiger partial charge on any atom is -0.379 e. The summed E-state index contributed by atoms with van der Waals surface area (Å²) in [7, 11) is 0. The van der Waals surface area contributed by atoms with Crippen molar-refractivity contribution in [1.29, 1.82) is 0 Å². The van der Waals surface area contributed by atoms with Gasteiger partial charge in [0.15, 0.2) is 5.78 Å². The quantitative estimate of drug-likeness (QED) is 0.763. The van der Waals surface area contributed by atoms with Crippen LogP contribution in [0.4, 0.5) is 0 Å². The van der Waals surface area contributed by atoms with E-state index in [0.29, 0.717) is 15.8 Å². The summed E-state index contributed by atoms with van der Waals surface area (Å²) in [4.78, 5) is 12.4. The molecule has 1 aromatic rings. The van der Waals surface area contributed by atoms with Crippen LogP contribution in [0.2, 0.25) is 5.02 Å². The first kappa shape index (κ1) is 11.0. The summed E-state index contributed by atoms with van der Waals surface area (Å²) in [6.45, 7) is 3.06. The van der Waals surface area contributed by atoms with Crippen molar-refractivity contribution in [1.82, 2.24) is 0 Å². The van der Waals surface area contributed by atoms with Gasteiger partial charge in [-0.05, 0) is 19.1 Å². The Morgan fingerprint density at radius 1 is 1.53 bits per heavy atom. The van der Waals surface area contributed by atoms with Crippen LogP contribution in [0.1, 0.15) is 17.3 Å². The van der Waals surface area contributed by atoms with Crippen LogP contribution < -0.4 is 0 Å². The van der Waals surface area contributed by atoms with Crippen LogP contribution in [0.15, 0.2) is 23.1 Å². The molecule has 0 spiro atoms. The summed E-state index contributed by atoms with van der Waals surface area (Å²) in [5.41, 5.74) is 0.635. The highest BCUT2D eigenvalue weighted by Gasteiger charge is 2.22. The lowest BCUT2D eigenvalue weighted by Gasteiger charge is -2.25. The lowest BCUT2D eigenvalue weighted by molar-refractivity contribution is 0.0455. The number of thioether (sulfide) groups is 1. The third kappa shape index (κ3) is 2.36. The zero-order valence-corrected chi connectivity index (χ0v) is 9.90. The monoisotopic (exact) mass is 242 g/mol. The number of carbonyl (C=O) groups excluding carboxylic acids is 1. The van der Waals surface area contributed by atoms with E-state index in [1.165, 1.54) is 0 Å². The zero-order chi connectivity index (χ0) is 10.8. The fourth-order valence-electron chi connectivity index (χ4n) is 1.41. The van der Waals surface area contributed by atoms with Crippen LogP contribution >= 0.6 is 23.4 Å². The Labute approximate surface area is 98.0 Å². The van der Waals surface area contributed by atoms with Gasteiger partial charge in [0.1, 0.15) is 0 Å². The lowest BCUT2D eigenvalue weighted by Crippen LogP contribution is -2.30. The van der Waals surface area contributed by atoms with Crippen molar-refractivity contribution in [3.63, 3.8) is 0 Å². The van der Waals surface area contributed by atoms with E-state index in [-0.39, 0.29) is 5.78 Å². The Kier molecular flexibility index (Phi) is 3.34. The van der Waals surface area contributed by atoms with Crippen molar-refractivity contribution in [2.24, 2.45) is 0 Å². The molecule has 1 aliphatic rings. The van der Waals surface area contributed by atoms with Gasteiger partial charge in [0.2, 0.25) is 0 Å². The molecule has 0 atom stereocenters. The topological polar surface area (TPSA) is 26.3 Å². The fraction of sp³-hybridized carbons (Fsp3) is 0.364. The van der Waals surface area contributed by atoms with Crippen LogP contribution in [-0.4, -0.2) is 24.2 Å². The SMILES string of the molecule is CC(=O)c1c(Cl)cccc1SC1COC1. The summed E-state index contributed by atoms with van der Waals surface area (Å²) >= 11 is 7.67. The maximum atomic E-state index is 11.4. The number of benzene rings is 1. The van der Waals surface area contributed by atoms with Gasteiger partial charge in [0.25, 0.3) is 0 Å². The molecule has 1 fully saturated rings. The van der Waals surface area contributed by atoms with Gasteiger partial charge >= 0.3 is 0 Å². The molecule has 0 amide bonds. The van der Waals surface area contributed by atoms with E-state index in [1.807, 2.05) is 12.1 Å². The second-order valence-corrected chi connectivity index (χ2v) is 5.20. The highest BCUT2D eigenvalue weighted by Crippen LogP contribution is 2.33. The molecule has 0 aromatic heterocycles. The van der Waals surface area contributed by atoms with E-state index >= 15 is 0 Å². The number of Topliss-reactive ketones (excluding diaryl/α,β-unsaturated/α-hetero) is 1. The van der Waals surface area contributed by atoms with Gasteiger partial charge in [-0.25, -0.2) is 0 Å². The molecule has 0 aliphatic carbocycles. The number of ether oxygens (including phenoxy) is 1. The fourth-order valence-corrected chi connectivity index (χ4v) is 2.99. The maximum absolute atomic E-state index is 11.4. The minimum atomic E-state index is 0.0170. The van der Waals surface area contributed by atoms with Crippen molar-refractivity contribution in [2.75, 3.05) is 13.2 Å². The Bertz CT molecular complexity index is 388. The molecule has 80 valence electrons. The summed E-state index contributed by atoms with van der Waals surface area (Å²) in [6.07, 6.45) is 0. The standard InChI is InChI=1S/C11H11ClO2S/c1-7(13)11-9(12)3-2-4-10(11)15-8-5-14-6-8/h2-4,8H,5-6H2,1H3. The molecule has 2 nitrogen and oxygen atoms in total. The summed E-state index contributed by atoms with van der Waals surface area (Å²) < 4.78 is 5.10. The van der Waals surface area contributed by atoms with Crippen molar-refractivity contribution in [3.05, 3.63) is 28.8 Å². The first-order chi connectivity index (χ1) is 7.18. The molecule has 0 unspecified atom stereocenters. The number of hydrogen-bond acceptors (Lipinski definition) is 3. The number of ketones is 1. The first-order valence-corrected chi connectivity index (χ1v) is 5.98. The Morgan fingerprint density at radius 3 is 2.80 bits per heavy atom. The highest BCUT2D eigenvalue weighted by molar-refractivity contribution is 8.00. The third-order valence-corrected chi connectivity index (χ3v) is 3.74. The van der Waals surface area contributed by atoms with Gasteiger partial charge < -0.3 is 4.74 Å². The van der Waals surface area contributed by atoms with Crippen molar-refractivity contribution < 1.29 is 9.53 Å². The lowest BCUT2D eigenvalue weighted by atomic mass is 10.1. The van der Waals surface area contributed by atoms with Crippen molar-refractivity contribution in [2.45, 2.75) is 17.1 Å². The van der Waals surface area contributed by atoms with Gasteiger partial charge in [-0.15, -0.1) is 11.8 Å². The van der Waals surface area contributed by atoms with E-state index in [4.69, 9.17) is 16.3 Å². The van der Waals surface area contributed by atoms with E-state index in [1.54, 1.807) is 24.8 Å². The molecule has 1 saturated heterocycles. The van der Waals surface area contributed by atoms with E-state index in [9.17, 15) is 4.79 Å². The van der Waals surface area contributed by atoms with Gasteiger partial charge in [0.05, 0.1) is 23.5 Å². The van der Waals surface area contributed by atoms with Gasteiger partial charge in [-0.2, -0.15) is 0 Å². The zero-order valence-electron chi connectivity index (χ0n) is 8.33. The average molecular weight is 243 g/mol. The summed E-state index contributed by atoms with van der Waals surface area (Å²) in [6, 6.07) is 5.56. The van der Waals surface area contributed by atoms with Crippen LogP contribution in [-0.2, 0) is 4.74 Å². The molecule has 0 radical (unpaired) electrons.